The Balaban J connectivity index is 2.75. The van der Waals surface area contributed by atoms with Gasteiger partial charge in [-0.05, 0) is 22.6 Å². The van der Waals surface area contributed by atoms with E-state index in [4.69, 9.17) is 9.47 Å². The van der Waals surface area contributed by atoms with Crippen molar-refractivity contribution in [3.8, 4) is 11.5 Å². The maximum absolute atomic E-state index is 5.55. The van der Waals surface area contributed by atoms with E-state index < -0.39 is 0 Å². The quantitative estimate of drug-likeness (QED) is 0.827. The Labute approximate surface area is 117 Å². The second-order valence-corrected chi connectivity index (χ2v) is 4.57. The first kappa shape index (κ1) is 12.5. The van der Waals surface area contributed by atoms with E-state index >= 15 is 0 Å². The third-order valence-corrected chi connectivity index (χ3v) is 3.47. The van der Waals surface area contributed by atoms with E-state index in [9.17, 15) is 0 Å². The van der Waals surface area contributed by atoms with Crippen molar-refractivity contribution in [2.45, 2.75) is 0 Å². The second kappa shape index (κ2) is 5.25. The Morgan fingerprint density at radius 1 is 0.650 bits per heavy atom. The van der Waals surface area contributed by atoms with Crippen LogP contribution < -0.4 is 19.9 Å². The van der Waals surface area contributed by atoms with Crippen molar-refractivity contribution in [3.63, 3.8) is 0 Å². The van der Waals surface area contributed by atoms with E-state index in [0.717, 1.165) is 32.4 Å². The fourth-order valence-corrected chi connectivity index (χ4v) is 2.57. The molecule has 2 aromatic carbocycles. The van der Waals surface area contributed by atoms with Crippen LogP contribution >= 0.6 is 0 Å². The minimum absolute atomic E-state index is 0.855. The minimum Gasteiger partial charge on any atom is -0.496 e. The van der Waals surface area contributed by atoms with Gasteiger partial charge in [-0.2, -0.15) is 0 Å². The van der Waals surface area contributed by atoms with E-state index in [1.165, 1.54) is 0 Å². The van der Waals surface area contributed by atoms with E-state index in [-0.39, 0.29) is 0 Å². The highest BCUT2D eigenvalue weighted by atomic mass is 16.5. The molecule has 0 unspecified atom stereocenters. The second-order valence-electron chi connectivity index (χ2n) is 4.57. The number of methoxy groups -OCH3 is 2. The molecular weight excluding hydrogens is 248 g/mol. The largest absolute Gasteiger partial charge is 0.496 e. The first-order valence-electron chi connectivity index (χ1n) is 6.54. The standard InChI is InChI=1S/C18H16O2/c1-19-15-11-5-9-13-7-3-4-8-14-10-6-12-16(20-2)18(14)17(13)15/h3-12H,1-2H3. The third kappa shape index (κ3) is 1.99. The van der Waals surface area contributed by atoms with Crippen molar-refractivity contribution in [2.75, 3.05) is 14.2 Å². The van der Waals surface area contributed by atoms with Gasteiger partial charge in [-0.3, -0.25) is 0 Å². The topological polar surface area (TPSA) is 18.5 Å². The number of benzene rings is 2. The molecular formula is C18H16O2. The zero-order chi connectivity index (χ0) is 13.9. The molecule has 2 aromatic rings. The predicted molar refractivity (Wildman–Crippen MR) is 81.0 cm³/mol. The summed E-state index contributed by atoms with van der Waals surface area (Å²) < 4.78 is 11.1. The molecule has 0 radical (unpaired) electrons. The summed E-state index contributed by atoms with van der Waals surface area (Å²) in [6, 6.07) is 12.1. The summed E-state index contributed by atoms with van der Waals surface area (Å²) >= 11 is 0. The van der Waals surface area contributed by atoms with Gasteiger partial charge in [0.15, 0.2) is 0 Å². The van der Waals surface area contributed by atoms with Crippen LogP contribution in [0.5, 0.6) is 11.5 Å². The molecule has 0 saturated carbocycles. The van der Waals surface area contributed by atoms with Crippen molar-refractivity contribution in [1.29, 1.82) is 0 Å². The van der Waals surface area contributed by atoms with Gasteiger partial charge in [-0.25, -0.2) is 0 Å². The maximum Gasteiger partial charge on any atom is 0.127 e. The third-order valence-electron chi connectivity index (χ3n) is 3.47. The molecule has 0 atom stereocenters. The highest BCUT2D eigenvalue weighted by Gasteiger charge is 2.03. The Morgan fingerprint density at radius 3 is 1.50 bits per heavy atom. The Kier molecular flexibility index (Phi) is 3.30. The van der Waals surface area contributed by atoms with Gasteiger partial charge in [0.2, 0.25) is 0 Å². The van der Waals surface area contributed by atoms with Crippen LogP contribution in [-0.4, -0.2) is 14.2 Å². The molecule has 0 N–H and O–H groups in total. The molecule has 20 heavy (non-hydrogen) atoms. The molecule has 3 rings (SSSR count). The van der Waals surface area contributed by atoms with Crippen LogP contribution in [0, 0.1) is 10.4 Å². The molecule has 0 aliphatic heterocycles. The summed E-state index contributed by atoms with van der Waals surface area (Å²) in [7, 11) is 3.39. The molecule has 0 amide bonds. The number of hydrogen-bond acceptors (Lipinski definition) is 2. The molecule has 1 aliphatic rings. The molecule has 0 fully saturated rings. The Hall–Kier alpha value is -2.48. The summed E-state index contributed by atoms with van der Waals surface area (Å²) in [6.45, 7) is 0. The highest BCUT2D eigenvalue weighted by Crippen LogP contribution is 2.15. The SMILES string of the molecule is COc1cccc2c1=c1c(OC)cccc1=CC=CC=2. The van der Waals surface area contributed by atoms with Gasteiger partial charge in [0.25, 0.3) is 0 Å². The van der Waals surface area contributed by atoms with Crippen molar-refractivity contribution in [3.05, 3.63) is 69.4 Å². The monoisotopic (exact) mass is 264 g/mol. The molecule has 2 heteroatoms. The highest BCUT2D eigenvalue weighted by molar-refractivity contribution is 5.52. The van der Waals surface area contributed by atoms with Crippen LogP contribution in [0.4, 0.5) is 0 Å². The van der Waals surface area contributed by atoms with Crippen molar-refractivity contribution >= 4 is 12.2 Å². The summed E-state index contributed by atoms with van der Waals surface area (Å²) in [5.41, 5.74) is 0. The average molecular weight is 264 g/mol. The number of hydrogen-bond donors (Lipinski definition) is 0. The van der Waals surface area contributed by atoms with Gasteiger partial charge in [0, 0.05) is 10.4 Å². The smallest absolute Gasteiger partial charge is 0.127 e. The molecule has 2 nitrogen and oxygen atoms in total. The first-order valence-corrected chi connectivity index (χ1v) is 6.54. The van der Waals surface area contributed by atoms with Crippen LogP contribution in [0.3, 0.4) is 0 Å². The molecule has 0 spiro atoms. The summed E-state index contributed by atoms with van der Waals surface area (Å²) in [6.07, 6.45) is 8.26. The molecule has 100 valence electrons. The lowest BCUT2D eigenvalue weighted by Gasteiger charge is -2.07. The maximum atomic E-state index is 5.55. The number of allylic oxidation sites excluding steroid dienone is 2. The van der Waals surface area contributed by atoms with Crippen LogP contribution in [0.1, 0.15) is 0 Å². The number of rotatable bonds is 2. The lowest BCUT2D eigenvalue weighted by atomic mass is 10.1. The fraction of sp³-hybridized carbons (Fsp3) is 0.111. The number of fused-ring (bicyclic) bond motifs is 2. The van der Waals surface area contributed by atoms with Gasteiger partial charge >= 0.3 is 0 Å². The minimum atomic E-state index is 0.855. The van der Waals surface area contributed by atoms with Crippen LogP contribution in [0.25, 0.3) is 12.2 Å². The van der Waals surface area contributed by atoms with Crippen molar-refractivity contribution in [2.24, 2.45) is 0 Å². The van der Waals surface area contributed by atoms with Crippen molar-refractivity contribution in [1.82, 2.24) is 0 Å². The van der Waals surface area contributed by atoms with Gasteiger partial charge in [0.1, 0.15) is 11.5 Å². The van der Waals surface area contributed by atoms with E-state index in [1.54, 1.807) is 14.2 Å². The normalized spacial score (nSPS) is 12.1. The molecule has 0 bridgehead atoms. The lowest BCUT2D eigenvalue weighted by molar-refractivity contribution is 0.404. The van der Waals surface area contributed by atoms with Crippen molar-refractivity contribution < 1.29 is 9.47 Å². The zero-order valence-electron chi connectivity index (χ0n) is 11.6. The molecule has 0 aromatic heterocycles. The average Bonchev–Trinajstić information content (AvgIpc) is 2.48. The van der Waals surface area contributed by atoms with Gasteiger partial charge in [-0.15, -0.1) is 0 Å². The van der Waals surface area contributed by atoms with E-state index in [2.05, 4.69) is 24.3 Å². The first-order chi connectivity index (χ1) is 9.85. The Bertz CT molecular complexity index is 803. The number of ether oxygens (including phenoxy) is 2. The van der Waals surface area contributed by atoms with Gasteiger partial charge in [-0.1, -0.05) is 48.6 Å². The summed E-state index contributed by atoms with van der Waals surface area (Å²) in [5, 5.41) is 4.39. The van der Waals surface area contributed by atoms with Crippen LogP contribution in [0.2, 0.25) is 0 Å². The molecule has 0 saturated heterocycles. The lowest BCUT2D eigenvalue weighted by Crippen LogP contribution is -2.12. The van der Waals surface area contributed by atoms with Gasteiger partial charge < -0.3 is 9.47 Å². The van der Waals surface area contributed by atoms with Gasteiger partial charge in [0.05, 0.1) is 14.2 Å². The zero-order valence-corrected chi connectivity index (χ0v) is 11.6. The van der Waals surface area contributed by atoms with Crippen LogP contribution in [-0.2, 0) is 0 Å². The van der Waals surface area contributed by atoms with E-state index in [0.29, 0.717) is 0 Å². The fourth-order valence-electron chi connectivity index (χ4n) is 2.57. The van der Waals surface area contributed by atoms with E-state index in [1.807, 2.05) is 36.4 Å². The summed E-state index contributed by atoms with van der Waals surface area (Å²) in [5.74, 6) is 1.71. The molecule has 0 heterocycles. The molecule has 1 aliphatic carbocycles. The predicted octanol–water partition coefficient (Wildman–Crippen LogP) is 2.12. The Morgan fingerprint density at radius 2 is 1.10 bits per heavy atom. The summed E-state index contributed by atoms with van der Waals surface area (Å²) in [4.78, 5) is 0. The van der Waals surface area contributed by atoms with Crippen LogP contribution in [0.15, 0.2) is 48.6 Å².